The summed E-state index contributed by atoms with van der Waals surface area (Å²) in [7, 11) is 6.88. The minimum atomic E-state index is -0.750. The first-order chi connectivity index (χ1) is 22.7. The second-order valence-electron chi connectivity index (χ2n) is 12.7. The maximum Gasteiger partial charge on any atom is 0.423 e. The Kier molecular flexibility index (Phi) is 24.0. The highest BCUT2D eigenvalue weighted by Crippen LogP contribution is 2.22. The van der Waals surface area contributed by atoms with Crippen LogP contribution in [0.2, 0.25) is 0 Å². The molecule has 0 aliphatic rings. The lowest BCUT2D eigenvalue weighted by Gasteiger charge is -2.22. The first kappa shape index (κ1) is 41.9. The van der Waals surface area contributed by atoms with E-state index in [2.05, 4.69) is 17.6 Å². The van der Waals surface area contributed by atoms with Gasteiger partial charge >= 0.3 is 18.2 Å². The van der Waals surface area contributed by atoms with Crippen molar-refractivity contribution < 1.29 is 23.9 Å². The molecule has 0 saturated heterocycles. The second kappa shape index (κ2) is 26.9. The van der Waals surface area contributed by atoms with Crippen LogP contribution < -0.4 is 15.4 Å². The van der Waals surface area contributed by atoms with E-state index in [0.29, 0.717) is 30.7 Å². The largest absolute Gasteiger partial charge is 0.423 e. The minimum Gasteiger partial charge on any atom is -0.410 e. The van der Waals surface area contributed by atoms with Crippen LogP contribution in [-0.2, 0) is 11.2 Å². The number of hydrogen-bond donors (Lipinski definition) is 2. The predicted molar refractivity (Wildman–Crippen MR) is 191 cm³/mol. The molecule has 2 N–H and O–H groups in total. The van der Waals surface area contributed by atoms with E-state index in [0.717, 1.165) is 24.3 Å². The summed E-state index contributed by atoms with van der Waals surface area (Å²) in [5.74, 6) is -0.00926. The van der Waals surface area contributed by atoms with Crippen LogP contribution in [0.15, 0.2) is 24.3 Å². The molecule has 0 fully saturated rings. The van der Waals surface area contributed by atoms with E-state index in [4.69, 9.17) is 4.74 Å². The van der Waals surface area contributed by atoms with E-state index >= 15 is 0 Å². The topological polar surface area (TPSA) is 111 Å². The summed E-state index contributed by atoms with van der Waals surface area (Å²) < 4.78 is 5.68. The van der Waals surface area contributed by atoms with E-state index in [1.54, 1.807) is 24.3 Å². The number of para-hydroxylation sites is 1. The molecule has 0 aliphatic heterocycles. The maximum atomic E-state index is 13.1. The molecule has 10 heteroatoms. The summed E-state index contributed by atoms with van der Waals surface area (Å²) in [6, 6.07) is 6.03. The van der Waals surface area contributed by atoms with Gasteiger partial charge in [0.2, 0.25) is 5.91 Å². The SMILES string of the molecule is CCCCCCCCCCCCCCCCCCN(C(=O)NC)C(=O)Oc1ccccc1CCC(=O)N(CCCN(C)C)C(=O)NC. The number of imide groups is 2. The Bertz CT molecular complexity index is 1020. The Labute approximate surface area is 285 Å². The third-order valence-electron chi connectivity index (χ3n) is 8.44. The number of carbonyl (C=O) groups is 4. The molecule has 0 bridgehead atoms. The quantitative estimate of drug-likeness (QED) is 0.103. The van der Waals surface area contributed by atoms with Gasteiger partial charge in [-0.05, 0) is 51.5 Å². The molecule has 0 radical (unpaired) electrons. The first-order valence-electron chi connectivity index (χ1n) is 18.2. The highest BCUT2D eigenvalue weighted by atomic mass is 16.6. The number of carbonyl (C=O) groups excluding carboxylic acids is 4. The minimum absolute atomic E-state index is 0.0717. The molecule has 1 rings (SSSR count). The Morgan fingerprint density at radius 1 is 0.617 bits per heavy atom. The van der Waals surface area contributed by atoms with Crippen molar-refractivity contribution in [2.24, 2.45) is 0 Å². The van der Waals surface area contributed by atoms with Crippen molar-refractivity contribution in [1.29, 1.82) is 0 Å². The lowest BCUT2D eigenvalue weighted by atomic mass is 10.0. The lowest BCUT2D eigenvalue weighted by molar-refractivity contribution is -0.128. The fourth-order valence-corrected chi connectivity index (χ4v) is 5.58. The molecule has 1 aromatic rings. The number of nitrogens with one attached hydrogen (secondary N) is 2. The van der Waals surface area contributed by atoms with E-state index in [1.807, 2.05) is 19.0 Å². The molecule has 47 heavy (non-hydrogen) atoms. The molecule has 0 saturated carbocycles. The van der Waals surface area contributed by atoms with Crippen LogP contribution in [0.25, 0.3) is 0 Å². The van der Waals surface area contributed by atoms with E-state index in [-0.39, 0.29) is 25.3 Å². The van der Waals surface area contributed by atoms with Crippen LogP contribution in [0, 0.1) is 0 Å². The van der Waals surface area contributed by atoms with Crippen molar-refractivity contribution in [2.75, 3.05) is 47.8 Å². The molecular formula is C37H65N5O5. The average molecular weight is 660 g/mol. The van der Waals surface area contributed by atoms with Gasteiger partial charge in [-0.25, -0.2) is 19.3 Å². The van der Waals surface area contributed by atoms with Gasteiger partial charge in [0.1, 0.15) is 5.75 Å². The maximum absolute atomic E-state index is 13.1. The first-order valence-corrected chi connectivity index (χ1v) is 18.2. The van der Waals surface area contributed by atoms with Crippen LogP contribution in [-0.4, -0.2) is 86.6 Å². The molecule has 0 unspecified atom stereocenters. The van der Waals surface area contributed by atoms with Crippen molar-refractivity contribution in [3.8, 4) is 5.75 Å². The number of unbranched alkanes of at least 4 members (excludes halogenated alkanes) is 15. The van der Waals surface area contributed by atoms with E-state index in [9.17, 15) is 19.2 Å². The van der Waals surface area contributed by atoms with Gasteiger partial charge in [-0.1, -0.05) is 121 Å². The molecule has 268 valence electrons. The molecular weight excluding hydrogens is 594 g/mol. The molecule has 0 spiro atoms. The number of aryl methyl sites for hydroxylation is 1. The van der Waals surface area contributed by atoms with Gasteiger partial charge in [-0.2, -0.15) is 0 Å². The number of rotatable bonds is 25. The highest BCUT2D eigenvalue weighted by molar-refractivity contribution is 5.94. The number of hydrogen-bond acceptors (Lipinski definition) is 6. The van der Waals surface area contributed by atoms with Gasteiger partial charge < -0.3 is 20.3 Å². The summed E-state index contributed by atoms with van der Waals surface area (Å²) in [5.41, 5.74) is 0.651. The Balaban J connectivity index is 2.46. The summed E-state index contributed by atoms with van der Waals surface area (Å²) >= 11 is 0. The van der Waals surface area contributed by atoms with Gasteiger partial charge in [-0.3, -0.25) is 9.69 Å². The number of ether oxygens (including phenoxy) is 1. The fraction of sp³-hybridized carbons (Fsp3) is 0.730. The van der Waals surface area contributed by atoms with Gasteiger partial charge in [-0.15, -0.1) is 0 Å². The van der Waals surface area contributed by atoms with Gasteiger partial charge in [0.05, 0.1) is 0 Å². The van der Waals surface area contributed by atoms with Crippen molar-refractivity contribution in [1.82, 2.24) is 25.3 Å². The lowest BCUT2D eigenvalue weighted by Crippen LogP contribution is -2.44. The monoisotopic (exact) mass is 659 g/mol. The number of urea groups is 2. The summed E-state index contributed by atoms with van der Waals surface area (Å²) in [4.78, 5) is 55.3. The van der Waals surface area contributed by atoms with Crippen LogP contribution in [0.5, 0.6) is 5.75 Å². The van der Waals surface area contributed by atoms with E-state index in [1.165, 1.54) is 102 Å². The van der Waals surface area contributed by atoms with Crippen molar-refractivity contribution in [2.45, 2.75) is 129 Å². The number of benzene rings is 1. The number of nitrogens with zero attached hydrogens (tertiary/aromatic N) is 3. The molecule has 1 aromatic carbocycles. The smallest absolute Gasteiger partial charge is 0.410 e. The molecule has 6 amide bonds. The summed E-state index contributed by atoms with van der Waals surface area (Å²) in [6.07, 6.45) is 20.3. The second-order valence-corrected chi connectivity index (χ2v) is 12.7. The van der Waals surface area contributed by atoms with Crippen LogP contribution in [0.3, 0.4) is 0 Å². The molecule has 0 atom stereocenters. The van der Waals surface area contributed by atoms with Crippen molar-refractivity contribution >= 4 is 24.1 Å². The normalized spacial score (nSPS) is 10.9. The zero-order valence-electron chi connectivity index (χ0n) is 30.2. The Hall–Kier alpha value is -3.14. The van der Waals surface area contributed by atoms with Crippen molar-refractivity contribution in [3.63, 3.8) is 0 Å². The highest BCUT2D eigenvalue weighted by Gasteiger charge is 2.24. The molecule has 0 heterocycles. The molecule has 0 aliphatic carbocycles. The van der Waals surface area contributed by atoms with Crippen LogP contribution in [0.4, 0.5) is 14.4 Å². The van der Waals surface area contributed by atoms with Gasteiger partial charge in [0, 0.05) is 33.6 Å². The summed E-state index contributed by atoms with van der Waals surface area (Å²) in [5, 5.41) is 5.08. The Morgan fingerprint density at radius 2 is 1.09 bits per heavy atom. The summed E-state index contributed by atoms with van der Waals surface area (Å²) in [6.45, 7) is 3.60. The third-order valence-corrected chi connectivity index (χ3v) is 8.44. The van der Waals surface area contributed by atoms with Crippen LogP contribution in [0.1, 0.15) is 128 Å². The average Bonchev–Trinajstić information content (AvgIpc) is 3.06. The van der Waals surface area contributed by atoms with Crippen molar-refractivity contribution in [3.05, 3.63) is 29.8 Å². The van der Waals surface area contributed by atoms with Gasteiger partial charge in [0.25, 0.3) is 0 Å². The zero-order chi connectivity index (χ0) is 34.7. The van der Waals surface area contributed by atoms with Crippen LogP contribution >= 0.6 is 0 Å². The molecule has 0 aromatic heterocycles. The fourth-order valence-electron chi connectivity index (χ4n) is 5.58. The standard InChI is InChI=1S/C37H65N5O5/c1-6-7-8-9-10-11-12-13-14-15-16-17-18-19-20-23-30-42(36(45)39-3)37(46)47-33-26-22-21-25-32(33)27-28-34(43)41(35(44)38-2)31-24-29-40(4)5/h21-22,25-26H,6-20,23-24,27-31H2,1-5H3,(H,38,44)(H,39,45). The number of amides is 6. The Morgan fingerprint density at radius 3 is 1.60 bits per heavy atom. The van der Waals surface area contributed by atoms with Gasteiger partial charge in [0.15, 0.2) is 0 Å². The molecule has 10 nitrogen and oxygen atoms in total. The third kappa shape index (κ3) is 19.3. The van der Waals surface area contributed by atoms with E-state index < -0.39 is 18.2 Å². The zero-order valence-corrected chi connectivity index (χ0v) is 30.2. The predicted octanol–water partition coefficient (Wildman–Crippen LogP) is 8.14.